The summed E-state index contributed by atoms with van der Waals surface area (Å²) < 4.78 is 5.03. The van der Waals surface area contributed by atoms with Crippen LogP contribution in [0.1, 0.15) is 30.9 Å². The predicted octanol–water partition coefficient (Wildman–Crippen LogP) is 2.67. The summed E-state index contributed by atoms with van der Waals surface area (Å²) in [7, 11) is 0. The highest BCUT2D eigenvalue weighted by Crippen LogP contribution is 2.34. The summed E-state index contributed by atoms with van der Waals surface area (Å²) >= 11 is 0. The Kier molecular flexibility index (Phi) is 4.56. The summed E-state index contributed by atoms with van der Waals surface area (Å²) in [5.41, 5.74) is 2.91. The van der Waals surface area contributed by atoms with Gasteiger partial charge >= 0.3 is 11.9 Å². The van der Waals surface area contributed by atoms with Crippen LogP contribution in [0, 0.1) is 5.92 Å². The number of rotatable bonds is 5. The first-order valence-corrected chi connectivity index (χ1v) is 6.80. The number of carboxylic acids is 1. The number of esters is 1. The number of ether oxygens (including phenoxy) is 1. The second-order valence-corrected chi connectivity index (χ2v) is 4.76. The van der Waals surface area contributed by atoms with Gasteiger partial charge in [0, 0.05) is 0 Å². The maximum absolute atomic E-state index is 12.1. The van der Waals surface area contributed by atoms with E-state index in [2.05, 4.69) is 0 Å². The second-order valence-electron chi connectivity index (χ2n) is 4.76. The number of aryl methyl sites for hydroxylation is 1. The fraction of sp³-hybridized carbons (Fsp3) is 0.375. The fourth-order valence-electron chi connectivity index (χ4n) is 2.58. The van der Waals surface area contributed by atoms with Gasteiger partial charge in [-0.25, -0.2) is 0 Å². The Hall–Kier alpha value is -2.10. The molecular formula is C16H18O4. The van der Waals surface area contributed by atoms with Crippen molar-refractivity contribution in [2.75, 3.05) is 6.61 Å². The van der Waals surface area contributed by atoms with Crippen molar-refractivity contribution in [1.82, 2.24) is 0 Å². The maximum Gasteiger partial charge on any atom is 0.314 e. The van der Waals surface area contributed by atoms with Gasteiger partial charge in [-0.15, -0.1) is 0 Å². The van der Waals surface area contributed by atoms with Crippen molar-refractivity contribution >= 4 is 17.5 Å². The molecule has 0 spiro atoms. The van der Waals surface area contributed by atoms with Gasteiger partial charge in [0.1, 0.15) is 0 Å². The molecule has 1 aromatic carbocycles. The second kappa shape index (κ2) is 6.37. The van der Waals surface area contributed by atoms with Crippen molar-refractivity contribution in [3.05, 3.63) is 41.5 Å². The van der Waals surface area contributed by atoms with E-state index in [1.165, 1.54) is 0 Å². The van der Waals surface area contributed by atoms with E-state index >= 15 is 0 Å². The lowest BCUT2D eigenvalue weighted by atomic mass is 9.82. The summed E-state index contributed by atoms with van der Waals surface area (Å²) in [6, 6.07) is 7.82. The molecule has 0 heterocycles. The number of aliphatic carboxylic acids is 1. The third-order valence-corrected chi connectivity index (χ3v) is 3.43. The molecular weight excluding hydrogens is 256 g/mol. The van der Waals surface area contributed by atoms with E-state index in [4.69, 9.17) is 9.84 Å². The van der Waals surface area contributed by atoms with Crippen LogP contribution in [0.5, 0.6) is 0 Å². The van der Waals surface area contributed by atoms with Gasteiger partial charge in [0.05, 0.1) is 18.9 Å². The van der Waals surface area contributed by atoms with Crippen molar-refractivity contribution in [1.29, 1.82) is 0 Å². The standard InChI is InChI=1S/C16H18O4/c1-2-20-16(19)14(10-15(17)18)13-9-5-7-11-6-3-4-8-12(11)13/h3-4,6,8-9,14H,2,5,7,10H2,1H3,(H,17,18). The van der Waals surface area contributed by atoms with Gasteiger partial charge in [-0.1, -0.05) is 30.3 Å². The number of carboxylic acid groups (broad SMARTS) is 1. The molecule has 1 unspecified atom stereocenters. The van der Waals surface area contributed by atoms with Crippen LogP contribution in [-0.4, -0.2) is 23.7 Å². The minimum atomic E-state index is -0.994. The molecule has 0 bridgehead atoms. The average Bonchev–Trinajstić information content (AvgIpc) is 2.44. The molecule has 0 fully saturated rings. The quantitative estimate of drug-likeness (QED) is 0.838. The van der Waals surface area contributed by atoms with Crippen molar-refractivity contribution in [2.24, 2.45) is 5.92 Å². The van der Waals surface area contributed by atoms with Crippen LogP contribution < -0.4 is 0 Å². The van der Waals surface area contributed by atoms with Gasteiger partial charge in [-0.2, -0.15) is 0 Å². The van der Waals surface area contributed by atoms with Crippen LogP contribution in [0.15, 0.2) is 30.3 Å². The molecule has 106 valence electrons. The topological polar surface area (TPSA) is 63.6 Å². The van der Waals surface area contributed by atoms with E-state index in [1.54, 1.807) is 6.92 Å². The summed E-state index contributed by atoms with van der Waals surface area (Å²) in [5, 5.41) is 9.04. The van der Waals surface area contributed by atoms with Crippen LogP contribution in [0.25, 0.3) is 5.57 Å². The Morgan fingerprint density at radius 2 is 2.10 bits per heavy atom. The molecule has 1 N–H and O–H groups in total. The van der Waals surface area contributed by atoms with Gasteiger partial charge in [0.15, 0.2) is 0 Å². The third-order valence-electron chi connectivity index (χ3n) is 3.43. The van der Waals surface area contributed by atoms with E-state index < -0.39 is 17.9 Å². The average molecular weight is 274 g/mol. The zero-order chi connectivity index (χ0) is 14.5. The molecule has 0 aromatic heterocycles. The largest absolute Gasteiger partial charge is 0.481 e. The molecule has 1 atom stereocenters. The number of carbonyl (C=O) groups is 2. The fourth-order valence-corrected chi connectivity index (χ4v) is 2.58. The van der Waals surface area contributed by atoms with Crippen molar-refractivity contribution in [2.45, 2.75) is 26.2 Å². The zero-order valence-electron chi connectivity index (χ0n) is 11.5. The monoisotopic (exact) mass is 274 g/mol. The minimum Gasteiger partial charge on any atom is -0.481 e. The van der Waals surface area contributed by atoms with Gasteiger partial charge < -0.3 is 9.84 Å². The number of hydrogen-bond acceptors (Lipinski definition) is 3. The Balaban J connectivity index is 2.35. The molecule has 1 aliphatic carbocycles. The Bertz CT molecular complexity index is 545. The van der Waals surface area contributed by atoms with Gasteiger partial charge in [-0.05, 0) is 36.5 Å². The summed E-state index contributed by atoms with van der Waals surface area (Å²) in [4.78, 5) is 23.1. The Morgan fingerprint density at radius 3 is 2.80 bits per heavy atom. The molecule has 0 amide bonds. The van der Waals surface area contributed by atoms with Crippen molar-refractivity contribution < 1.29 is 19.4 Å². The maximum atomic E-state index is 12.1. The first-order chi connectivity index (χ1) is 9.63. The van der Waals surface area contributed by atoms with E-state index in [1.807, 2.05) is 30.3 Å². The molecule has 0 saturated heterocycles. The number of carbonyl (C=O) groups excluding carboxylic acids is 1. The van der Waals surface area contributed by atoms with Gasteiger partial charge in [0.2, 0.25) is 0 Å². The molecule has 4 heteroatoms. The highest BCUT2D eigenvalue weighted by Gasteiger charge is 2.29. The lowest BCUT2D eigenvalue weighted by molar-refractivity contribution is -0.150. The number of benzene rings is 1. The van der Waals surface area contributed by atoms with E-state index in [9.17, 15) is 9.59 Å². The van der Waals surface area contributed by atoms with E-state index in [0.29, 0.717) is 0 Å². The highest BCUT2D eigenvalue weighted by atomic mass is 16.5. The first-order valence-electron chi connectivity index (χ1n) is 6.80. The molecule has 0 saturated carbocycles. The first kappa shape index (κ1) is 14.3. The predicted molar refractivity (Wildman–Crippen MR) is 75.1 cm³/mol. The molecule has 0 radical (unpaired) electrons. The zero-order valence-corrected chi connectivity index (χ0v) is 11.5. The van der Waals surface area contributed by atoms with Crippen molar-refractivity contribution in [3.8, 4) is 0 Å². The van der Waals surface area contributed by atoms with Crippen molar-refractivity contribution in [3.63, 3.8) is 0 Å². The summed E-state index contributed by atoms with van der Waals surface area (Å²) in [6.07, 6.45) is 3.47. The van der Waals surface area contributed by atoms with Crippen LogP contribution in [0.4, 0.5) is 0 Å². The molecule has 4 nitrogen and oxygen atoms in total. The lowest BCUT2D eigenvalue weighted by Crippen LogP contribution is -2.23. The summed E-state index contributed by atoms with van der Waals surface area (Å²) in [5.74, 6) is -2.18. The lowest BCUT2D eigenvalue weighted by Gasteiger charge is -2.23. The number of fused-ring (bicyclic) bond motifs is 1. The van der Waals surface area contributed by atoms with Crippen LogP contribution in [0.2, 0.25) is 0 Å². The van der Waals surface area contributed by atoms with Crippen LogP contribution >= 0.6 is 0 Å². The molecule has 1 aromatic rings. The smallest absolute Gasteiger partial charge is 0.314 e. The van der Waals surface area contributed by atoms with E-state index in [-0.39, 0.29) is 13.0 Å². The minimum absolute atomic E-state index is 0.237. The highest BCUT2D eigenvalue weighted by molar-refractivity contribution is 5.93. The van der Waals surface area contributed by atoms with Crippen LogP contribution in [0.3, 0.4) is 0 Å². The Morgan fingerprint density at radius 1 is 1.35 bits per heavy atom. The molecule has 20 heavy (non-hydrogen) atoms. The molecule has 1 aliphatic rings. The van der Waals surface area contributed by atoms with Gasteiger partial charge in [0.25, 0.3) is 0 Å². The van der Waals surface area contributed by atoms with Crippen LogP contribution in [-0.2, 0) is 20.7 Å². The summed E-state index contributed by atoms with van der Waals surface area (Å²) in [6.45, 7) is 1.98. The molecule has 0 aliphatic heterocycles. The number of allylic oxidation sites excluding steroid dienone is 1. The Labute approximate surface area is 118 Å². The number of hydrogen-bond donors (Lipinski definition) is 1. The third kappa shape index (κ3) is 3.07. The van der Waals surface area contributed by atoms with E-state index in [0.717, 1.165) is 29.5 Å². The normalized spacial score (nSPS) is 14.9. The molecule has 2 rings (SSSR count). The van der Waals surface area contributed by atoms with Gasteiger partial charge in [-0.3, -0.25) is 9.59 Å². The SMILES string of the molecule is CCOC(=O)C(CC(=O)O)C1=CCCc2ccccc21.